The maximum atomic E-state index is 13.4. The SMILES string of the molecule is CCC(C)NCC(=O)Nc1ccc(F)c(NC(C)=O)c1. The molecule has 1 atom stereocenters. The molecule has 1 rings (SSSR count). The van der Waals surface area contributed by atoms with Crippen LogP contribution in [0.25, 0.3) is 0 Å². The van der Waals surface area contributed by atoms with Crippen LogP contribution in [0.2, 0.25) is 0 Å². The Morgan fingerprint density at radius 1 is 1.30 bits per heavy atom. The summed E-state index contributed by atoms with van der Waals surface area (Å²) in [4.78, 5) is 22.6. The van der Waals surface area contributed by atoms with Crippen LogP contribution in [0.5, 0.6) is 0 Å². The molecule has 0 heterocycles. The lowest BCUT2D eigenvalue weighted by molar-refractivity contribution is -0.115. The van der Waals surface area contributed by atoms with Gasteiger partial charge in [-0.2, -0.15) is 0 Å². The lowest BCUT2D eigenvalue weighted by Gasteiger charge is -2.12. The second kappa shape index (κ2) is 7.59. The number of benzene rings is 1. The summed E-state index contributed by atoms with van der Waals surface area (Å²) >= 11 is 0. The highest BCUT2D eigenvalue weighted by molar-refractivity contribution is 5.94. The van der Waals surface area contributed by atoms with Crippen LogP contribution in [-0.4, -0.2) is 24.4 Å². The van der Waals surface area contributed by atoms with E-state index >= 15 is 0 Å². The van der Waals surface area contributed by atoms with E-state index < -0.39 is 5.82 Å². The molecule has 1 unspecified atom stereocenters. The third-order valence-electron chi connectivity index (χ3n) is 2.78. The highest BCUT2D eigenvalue weighted by Gasteiger charge is 2.08. The van der Waals surface area contributed by atoms with Crippen LogP contribution >= 0.6 is 0 Å². The van der Waals surface area contributed by atoms with Gasteiger partial charge in [-0.05, 0) is 31.5 Å². The van der Waals surface area contributed by atoms with Gasteiger partial charge < -0.3 is 16.0 Å². The Labute approximate surface area is 117 Å². The van der Waals surface area contributed by atoms with Crippen molar-refractivity contribution in [2.75, 3.05) is 17.2 Å². The lowest BCUT2D eigenvalue weighted by atomic mass is 10.2. The number of amides is 2. The summed E-state index contributed by atoms with van der Waals surface area (Å²) < 4.78 is 13.4. The number of hydrogen-bond donors (Lipinski definition) is 3. The highest BCUT2D eigenvalue weighted by atomic mass is 19.1. The first-order valence-electron chi connectivity index (χ1n) is 6.52. The van der Waals surface area contributed by atoms with Gasteiger partial charge in [0.15, 0.2) is 0 Å². The molecule has 0 saturated heterocycles. The van der Waals surface area contributed by atoms with Gasteiger partial charge in [-0.25, -0.2) is 4.39 Å². The second-order valence-electron chi connectivity index (χ2n) is 4.61. The predicted molar refractivity (Wildman–Crippen MR) is 77.1 cm³/mol. The molecule has 0 aliphatic rings. The normalized spacial score (nSPS) is 11.8. The quantitative estimate of drug-likeness (QED) is 0.748. The Morgan fingerprint density at radius 3 is 2.60 bits per heavy atom. The average Bonchev–Trinajstić information content (AvgIpc) is 2.39. The van der Waals surface area contributed by atoms with Gasteiger partial charge in [0.1, 0.15) is 5.82 Å². The summed E-state index contributed by atoms with van der Waals surface area (Å²) in [6.07, 6.45) is 0.927. The van der Waals surface area contributed by atoms with E-state index in [0.29, 0.717) is 5.69 Å². The minimum Gasteiger partial charge on any atom is -0.325 e. The largest absolute Gasteiger partial charge is 0.325 e. The second-order valence-corrected chi connectivity index (χ2v) is 4.61. The maximum absolute atomic E-state index is 13.4. The maximum Gasteiger partial charge on any atom is 0.238 e. The molecule has 0 aromatic heterocycles. The fourth-order valence-corrected chi connectivity index (χ4v) is 1.50. The number of anilines is 2. The Bertz CT molecular complexity index is 491. The summed E-state index contributed by atoms with van der Waals surface area (Å²) in [5.41, 5.74) is 0.483. The van der Waals surface area contributed by atoms with Crippen molar-refractivity contribution in [1.82, 2.24) is 5.32 Å². The van der Waals surface area contributed by atoms with Gasteiger partial charge in [-0.3, -0.25) is 9.59 Å². The molecular formula is C14H20FN3O2. The van der Waals surface area contributed by atoms with Crippen LogP contribution in [0.3, 0.4) is 0 Å². The Hall–Kier alpha value is -1.95. The van der Waals surface area contributed by atoms with E-state index in [2.05, 4.69) is 16.0 Å². The van der Waals surface area contributed by atoms with Crippen LogP contribution in [-0.2, 0) is 9.59 Å². The topological polar surface area (TPSA) is 70.2 Å². The monoisotopic (exact) mass is 281 g/mol. The molecule has 0 saturated carbocycles. The van der Waals surface area contributed by atoms with E-state index in [4.69, 9.17) is 0 Å². The predicted octanol–water partition coefficient (Wildman–Crippen LogP) is 2.11. The molecule has 110 valence electrons. The van der Waals surface area contributed by atoms with Gasteiger partial charge in [0, 0.05) is 18.7 Å². The van der Waals surface area contributed by atoms with Gasteiger partial charge in [0.05, 0.1) is 12.2 Å². The molecule has 2 amide bonds. The number of carbonyl (C=O) groups excluding carboxylic acids is 2. The first-order chi connectivity index (χ1) is 9.42. The van der Waals surface area contributed by atoms with Gasteiger partial charge >= 0.3 is 0 Å². The average molecular weight is 281 g/mol. The molecule has 20 heavy (non-hydrogen) atoms. The van der Waals surface area contributed by atoms with Gasteiger partial charge in [-0.15, -0.1) is 0 Å². The van der Waals surface area contributed by atoms with E-state index in [1.165, 1.54) is 25.1 Å². The summed E-state index contributed by atoms with van der Waals surface area (Å²) in [6, 6.07) is 4.28. The minimum absolute atomic E-state index is 0.0465. The van der Waals surface area contributed by atoms with Crippen molar-refractivity contribution in [3.05, 3.63) is 24.0 Å². The van der Waals surface area contributed by atoms with E-state index in [1.54, 1.807) is 0 Å². The first-order valence-corrected chi connectivity index (χ1v) is 6.52. The molecule has 5 nitrogen and oxygen atoms in total. The molecule has 3 N–H and O–H groups in total. The molecular weight excluding hydrogens is 261 g/mol. The van der Waals surface area contributed by atoms with E-state index in [1.807, 2.05) is 13.8 Å². The van der Waals surface area contributed by atoms with Gasteiger partial charge in [0.2, 0.25) is 11.8 Å². The van der Waals surface area contributed by atoms with Crippen LogP contribution in [0, 0.1) is 5.82 Å². The van der Waals surface area contributed by atoms with Crippen molar-refractivity contribution in [3.8, 4) is 0 Å². The van der Waals surface area contributed by atoms with E-state index in [-0.39, 0.29) is 30.1 Å². The summed E-state index contributed by atoms with van der Waals surface area (Å²) in [5.74, 6) is -1.13. The van der Waals surface area contributed by atoms with E-state index in [0.717, 1.165) is 6.42 Å². The van der Waals surface area contributed by atoms with Crippen LogP contribution in [0.4, 0.5) is 15.8 Å². The highest BCUT2D eigenvalue weighted by Crippen LogP contribution is 2.19. The first kappa shape index (κ1) is 16.1. The number of nitrogens with one attached hydrogen (secondary N) is 3. The molecule has 0 bridgehead atoms. The fraction of sp³-hybridized carbons (Fsp3) is 0.429. The third kappa shape index (κ3) is 5.36. The van der Waals surface area contributed by atoms with Crippen molar-refractivity contribution >= 4 is 23.2 Å². The number of carbonyl (C=O) groups is 2. The zero-order valence-electron chi connectivity index (χ0n) is 11.9. The Balaban J connectivity index is 2.63. The Kier molecular flexibility index (Phi) is 6.11. The molecule has 0 aliphatic heterocycles. The standard InChI is InChI=1S/C14H20FN3O2/c1-4-9(2)16-8-14(20)18-11-5-6-12(15)13(7-11)17-10(3)19/h5-7,9,16H,4,8H2,1-3H3,(H,17,19)(H,18,20). The van der Waals surface area contributed by atoms with E-state index in [9.17, 15) is 14.0 Å². The molecule has 1 aromatic carbocycles. The van der Waals surface area contributed by atoms with Gasteiger partial charge in [0.25, 0.3) is 0 Å². The third-order valence-corrected chi connectivity index (χ3v) is 2.78. The van der Waals surface area contributed by atoms with Crippen molar-refractivity contribution in [2.45, 2.75) is 33.2 Å². The zero-order valence-corrected chi connectivity index (χ0v) is 11.9. The molecule has 0 aliphatic carbocycles. The van der Waals surface area contributed by atoms with Crippen LogP contribution in [0.15, 0.2) is 18.2 Å². The van der Waals surface area contributed by atoms with Crippen molar-refractivity contribution in [3.63, 3.8) is 0 Å². The fourth-order valence-electron chi connectivity index (χ4n) is 1.50. The summed E-state index contributed by atoms with van der Waals surface area (Å²) in [7, 11) is 0. The Morgan fingerprint density at radius 2 is 2.00 bits per heavy atom. The van der Waals surface area contributed by atoms with Crippen LogP contribution in [0.1, 0.15) is 27.2 Å². The summed E-state index contributed by atoms with van der Waals surface area (Å²) in [6.45, 7) is 5.48. The van der Waals surface area contributed by atoms with Gasteiger partial charge in [-0.1, -0.05) is 6.92 Å². The lowest BCUT2D eigenvalue weighted by Crippen LogP contribution is -2.33. The molecule has 0 spiro atoms. The molecule has 1 aromatic rings. The number of rotatable bonds is 6. The zero-order chi connectivity index (χ0) is 15.1. The van der Waals surface area contributed by atoms with Crippen molar-refractivity contribution in [1.29, 1.82) is 0 Å². The minimum atomic E-state index is -0.545. The van der Waals surface area contributed by atoms with Crippen LogP contribution < -0.4 is 16.0 Å². The molecule has 0 radical (unpaired) electrons. The number of halogens is 1. The van der Waals surface area contributed by atoms with Crippen molar-refractivity contribution in [2.24, 2.45) is 0 Å². The number of hydrogen-bond acceptors (Lipinski definition) is 3. The molecule has 0 fully saturated rings. The summed E-state index contributed by atoms with van der Waals surface area (Å²) in [5, 5.41) is 8.06. The smallest absolute Gasteiger partial charge is 0.238 e. The van der Waals surface area contributed by atoms with Crippen molar-refractivity contribution < 1.29 is 14.0 Å². The molecule has 6 heteroatoms.